The lowest BCUT2D eigenvalue weighted by molar-refractivity contribution is -0.113. The Morgan fingerprint density at radius 1 is 1.29 bits per heavy atom. The molecule has 0 aromatic heterocycles. The second-order valence-electron chi connectivity index (χ2n) is 5.80. The van der Waals surface area contributed by atoms with Crippen LogP contribution in [-0.2, 0) is 15.1 Å². The summed E-state index contributed by atoms with van der Waals surface area (Å²) in [6.45, 7) is 6.81. The Kier molecular flexibility index (Phi) is 5.23. The van der Waals surface area contributed by atoms with Gasteiger partial charge in [-0.2, -0.15) is 0 Å². The number of amides is 1. The first-order valence-electron chi connectivity index (χ1n) is 6.43. The maximum Gasteiger partial charge on any atom is 0.408 e. The van der Waals surface area contributed by atoms with Crippen molar-refractivity contribution in [3.8, 4) is 5.75 Å². The van der Waals surface area contributed by atoms with Gasteiger partial charge < -0.3 is 19.6 Å². The van der Waals surface area contributed by atoms with Crippen molar-refractivity contribution in [2.45, 2.75) is 38.8 Å². The van der Waals surface area contributed by atoms with Gasteiger partial charge in [-0.05, 0) is 45.4 Å². The van der Waals surface area contributed by atoms with Crippen molar-refractivity contribution in [1.29, 1.82) is 0 Å². The fraction of sp³-hybridized carbons (Fsp3) is 0.467. The van der Waals surface area contributed by atoms with Crippen LogP contribution in [0.3, 0.4) is 0 Å². The van der Waals surface area contributed by atoms with Crippen LogP contribution < -0.4 is 10.1 Å². The van der Waals surface area contributed by atoms with E-state index in [2.05, 4.69) is 5.32 Å². The fourth-order valence-corrected chi connectivity index (χ4v) is 1.86. The predicted octanol–water partition coefficient (Wildman–Crippen LogP) is 3.29. The minimum absolute atomic E-state index is 0.423. The highest BCUT2D eigenvalue weighted by atomic mass is 35.5. The summed E-state index contributed by atoms with van der Waals surface area (Å²) in [5, 5.41) is 2.98. The normalized spacial score (nSPS) is 14.0. The van der Waals surface area contributed by atoms with Crippen molar-refractivity contribution in [2.24, 2.45) is 0 Å². The van der Waals surface area contributed by atoms with Crippen molar-refractivity contribution in [3.05, 3.63) is 28.8 Å². The monoisotopic (exact) mass is 313 g/mol. The highest BCUT2D eigenvalue weighted by molar-refractivity contribution is 6.32. The van der Waals surface area contributed by atoms with Crippen LogP contribution in [0.15, 0.2) is 18.2 Å². The van der Waals surface area contributed by atoms with Gasteiger partial charge in [0.1, 0.15) is 23.2 Å². The quantitative estimate of drug-likeness (QED) is 0.866. The Morgan fingerprint density at radius 2 is 1.90 bits per heavy atom. The van der Waals surface area contributed by atoms with Crippen LogP contribution in [0.1, 0.15) is 33.3 Å². The molecule has 1 aromatic carbocycles. The molecule has 0 aliphatic rings. The summed E-state index contributed by atoms with van der Waals surface area (Å²) >= 11 is 5.96. The minimum Gasteiger partial charge on any atom is -0.495 e. The van der Waals surface area contributed by atoms with Crippen molar-refractivity contribution in [2.75, 3.05) is 7.11 Å². The highest BCUT2D eigenvalue weighted by Crippen LogP contribution is 2.29. The van der Waals surface area contributed by atoms with Gasteiger partial charge in [0.05, 0.1) is 12.1 Å². The van der Waals surface area contributed by atoms with Gasteiger partial charge in [-0.3, -0.25) is 0 Å². The molecule has 0 radical (unpaired) electrons. The van der Waals surface area contributed by atoms with E-state index in [-0.39, 0.29) is 0 Å². The lowest BCUT2D eigenvalue weighted by atomic mass is 9.93. The zero-order chi connectivity index (χ0) is 16.3. The molecule has 1 aromatic rings. The van der Waals surface area contributed by atoms with E-state index in [1.807, 2.05) is 0 Å². The number of carbonyl (C=O) groups excluding carboxylic acids is 2. The summed E-state index contributed by atoms with van der Waals surface area (Å²) in [6.07, 6.45) is -0.0365. The molecule has 6 heteroatoms. The number of alkyl carbamates (subject to hydrolysis) is 1. The number of hydrogen-bond acceptors (Lipinski definition) is 4. The first-order valence-corrected chi connectivity index (χ1v) is 6.80. The standard InChI is InChI=1S/C15H20ClNO4/c1-14(2,3)21-13(19)17-15(4,9-18)10-6-7-11(16)12(8-10)20-5/h6-9H,1-5H3,(H,17,19). The lowest BCUT2D eigenvalue weighted by Crippen LogP contribution is -2.46. The lowest BCUT2D eigenvalue weighted by Gasteiger charge is -2.28. The van der Waals surface area contributed by atoms with Gasteiger partial charge in [-0.25, -0.2) is 4.79 Å². The van der Waals surface area contributed by atoms with Crippen LogP contribution in [-0.4, -0.2) is 25.1 Å². The SMILES string of the molecule is COc1cc(C(C)(C=O)NC(=O)OC(C)(C)C)ccc1Cl. The minimum atomic E-state index is -1.24. The van der Waals surface area contributed by atoms with Gasteiger partial charge in [0.2, 0.25) is 0 Å². The topological polar surface area (TPSA) is 64.6 Å². The van der Waals surface area contributed by atoms with E-state index >= 15 is 0 Å². The fourth-order valence-electron chi connectivity index (χ4n) is 1.67. The summed E-state index contributed by atoms with van der Waals surface area (Å²) in [5.41, 5.74) is -1.34. The molecular weight excluding hydrogens is 294 g/mol. The third kappa shape index (κ3) is 4.63. The van der Waals surface area contributed by atoms with E-state index in [0.717, 1.165) is 0 Å². The first-order chi connectivity index (χ1) is 9.61. The molecule has 0 heterocycles. The molecule has 0 spiro atoms. The van der Waals surface area contributed by atoms with E-state index in [9.17, 15) is 9.59 Å². The second kappa shape index (κ2) is 6.35. The van der Waals surface area contributed by atoms with E-state index < -0.39 is 17.2 Å². The molecule has 0 saturated carbocycles. The smallest absolute Gasteiger partial charge is 0.408 e. The van der Waals surface area contributed by atoms with Crippen LogP contribution >= 0.6 is 11.6 Å². The predicted molar refractivity (Wildman–Crippen MR) is 80.8 cm³/mol. The molecule has 0 aliphatic carbocycles. The van der Waals surface area contributed by atoms with Gasteiger partial charge in [0.25, 0.3) is 0 Å². The Morgan fingerprint density at radius 3 is 2.38 bits per heavy atom. The van der Waals surface area contributed by atoms with Crippen molar-refractivity contribution in [1.82, 2.24) is 5.32 Å². The zero-order valence-electron chi connectivity index (χ0n) is 12.8. The molecule has 1 unspecified atom stereocenters. The molecular formula is C15H20ClNO4. The molecule has 0 aliphatic heterocycles. The number of benzene rings is 1. The number of ether oxygens (including phenoxy) is 2. The van der Waals surface area contributed by atoms with Crippen LogP contribution in [0.5, 0.6) is 5.75 Å². The van der Waals surface area contributed by atoms with E-state index in [0.29, 0.717) is 22.6 Å². The van der Waals surface area contributed by atoms with Gasteiger partial charge >= 0.3 is 6.09 Å². The van der Waals surface area contributed by atoms with Crippen LogP contribution in [0.4, 0.5) is 4.79 Å². The third-order valence-electron chi connectivity index (χ3n) is 2.75. The number of aldehydes is 1. The molecule has 0 bridgehead atoms. The Hall–Kier alpha value is -1.75. The molecule has 21 heavy (non-hydrogen) atoms. The Labute approximate surface area is 129 Å². The number of methoxy groups -OCH3 is 1. The summed E-state index contributed by atoms with van der Waals surface area (Å²) in [5.74, 6) is 0.424. The van der Waals surface area contributed by atoms with Gasteiger partial charge in [-0.1, -0.05) is 17.7 Å². The molecule has 0 fully saturated rings. The molecule has 1 rings (SSSR count). The molecule has 1 N–H and O–H groups in total. The number of halogens is 1. The highest BCUT2D eigenvalue weighted by Gasteiger charge is 2.31. The van der Waals surface area contributed by atoms with Gasteiger partial charge in [0.15, 0.2) is 0 Å². The van der Waals surface area contributed by atoms with Crippen LogP contribution in [0.25, 0.3) is 0 Å². The summed E-state index contributed by atoms with van der Waals surface area (Å²) in [7, 11) is 1.48. The Balaban J connectivity index is 3.04. The largest absolute Gasteiger partial charge is 0.495 e. The molecule has 0 saturated heterocycles. The number of rotatable bonds is 4. The van der Waals surface area contributed by atoms with E-state index in [1.165, 1.54) is 7.11 Å². The van der Waals surface area contributed by atoms with Crippen molar-refractivity contribution in [3.63, 3.8) is 0 Å². The molecule has 5 nitrogen and oxygen atoms in total. The van der Waals surface area contributed by atoms with Crippen LogP contribution in [0, 0.1) is 0 Å². The number of hydrogen-bond donors (Lipinski definition) is 1. The van der Waals surface area contributed by atoms with Gasteiger partial charge in [0, 0.05) is 0 Å². The first kappa shape index (κ1) is 17.3. The summed E-state index contributed by atoms with van der Waals surface area (Å²) < 4.78 is 10.3. The zero-order valence-corrected chi connectivity index (χ0v) is 13.6. The summed E-state index contributed by atoms with van der Waals surface area (Å²) in [4.78, 5) is 23.3. The Bertz CT molecular complexity index is 539. The van der Waals surface area contributed by atoms with E-state index in [1.54, 1.807) is 45.9 Å². The maximum atomic E-state index is 11.9. The van der Waals surface area contributed by atoms with Crippen molar-refractivity contribution < 1.29 is 19.1 Å². The third-order valence-corrected chi connectivity index (χ3v) is 3.06. The average molecular weight is 314 g/mol. The molecule has 1 amide bonds. The number of nitrogens with one attached hydrogen (secondary N) is 1. The van der Waals surface area contributed by atoms with Gasteiger partial charge in [-0.15, -0.1) is 0 Å². The van der Waals surface area contributed by atoms with Crippen LogP contribution in [0.2, 0.25) is 5.02 Å². The second-order valence-corrected chi connectivity index (χ2v) is 6.20. The number of carbonyl (C=O) groups is 2. The molecule has 1 atom stereocenters. The molecule has 116 valence electrons. The summed E-state index contributed by atoms with van der Waals surface area (Å²) in [6, 6.07) is 4.86. The average Bonchev–Trinajstić information content (AvgIpc) is 2.36. The van der Waals surface area contributed by atoms with Crippen molar-refractivity contribution >= 4 is 24.0 Å². The maximum absolute atomic E-state index is 11.9. The van der Waals surface area contributed by atoms with E-state index in [4.69, 9.17) is 21.1 Å².